The Morgan fingerprint density at radius 1 is 1.39 bits per heavy atom. The largest absolute Gasteiger partial charge is 0.353 e. The Morgan fingerprint density at radius 2 is 2.14 bits per heavy atom. The number of allylic oxidation sites excluding steroid dienone is 5. The van der Waals surface area contributed by atoms with E-state index in [0.717, 1.165) is 57.2 Å². The molecule has 0 saturated carbocycles. The fourth-order valence-electron chi connectivity index (χ4n) is 3.31. The number of aliphatic imine (C=N–C) groups is 1. The second-order valence-electron chi connectivity index (χ2n) is 7.69. The standard InChI is InChI=1S/C24H40N4/c1-8-15-27(16-13-25-7)22(6)28-17-14-26-24(28)12-10-11-23(9-2)19-21(5)18-20(3)4/h8,10-12,19-20,25H,1,6,9,13-18H2,2-5,7H3/b12-10+,21-19+,23-11-. The molecule has 0 atom stereocenters. The maximum Gasteiger partial charge on any atom is 0.129 e. The van der Waals surface area contributed by atoms with E-state index in [9.17, 15) is 0 Å². The van der Waals surface area contributed by atoms with Gasteiger partial charge in [0.05, 0.1) is 6.54 Å². The lowest BCUT2D eigenvalue weighted by molar-refractivity contribution is 0.299. The highest BCUT2D eigenvalue weighted by Crippen LogP contribution is 2.16. The fraction of sp³-hybridized carbons (Fsp3) is 0.542. The minimum Gasteiger partial charge on any atom is -0.353 e. The summed E-state index contributed by atoms with van der Waals surface area (Å²) in [5, 5.41) is 3.20. The van der Waals surface area contributed by atoms with Crippen molar-refractivity contribution in [3.05, 3.63) is 60.5 Å². The van der Waals surface area contributed by atoms with Crippen molar-refractivity contribution < 1.29 is 0 Å². The van der Waals surface area contributed by atoms with Crippen LogP contribution in [-0.2, 0) is 0 Å². The molecule has 1 rings (SSSR count). The molecule has 0 radical (unpaired) electrons. The molecule has 0 amide bonds. The van der Waals surface area contributed by atoms with Crippen LogP contribution in [-0.4, -0.2) is 55.4 Å². The van der Waals surface area contributed by atoms with Crippen LogP contribution in [0.5, 0.6) is 0 Å². The Kier molecular flexibility index (Phi) is 11.3. The van der Waals surface area contributed by atoms with Gasteiger partial charge < -0.3 is 15.1 Å². The summed E-state index contributed by atoms with van der Waals surface area (Å²) in [6.07, 6.45) is 12.8. The zero-order valence-corrected chi connectivity index (χ0v) is 18.7. The maximum absolute atomic E-state index is 4.67. The van der Waals surface area contributed by atoms with E-state index in [1.165, 1.54) is 11.1 Å². The van der Waals surface area contributed by atoms with Crippen LogP contribution in [0.3, 0.4) is 0 Å². The summed E-state index contributed by atoms with van der Waals surface area (Å²) in [5.41, 5.74) is 2.79. The Morgan fingerprint density at radius 3 is 2.75 bits per heavy atom. The Balaban J connectivity index is 2.83. The number of hydrogen-bond acceptors (Lipinski definition) is 4. The summed E-state index contributed by atoms with van der Waals surface area (Å²) in [6.45, 7) is 21.4. The van der Waals surface area contributed by atoms with Gasteiger partial charge in [-0.2, -0.15) is 0 Å². The molecule has 0 spiro atoms. The van der Waals surface area contributed by atoms with Crippen LogP contribution in [0.1, 0.15) is 40.5 Å². The SMILES string of the molecule is C=CCN(CCNC)C(=C)N1CCN=C1/C=C/C=C(\C=C(/C)CC(C)C)CC. The third-order valence-electron chi connectivity index (χ3n) is 4.66. The van der Waals surface area contributed by atoms with E-state index in [1.807, 2.05) is 13.1 Å². The minimum absolute atomic E-state index is 0.693. The van der Waals surface area contributed by atoms with E-state index in [-0.39, 0.29) is 0 Å². The van der Waals surface area contributed by atoms with Gasteiger partial charge in [-0.3, -0.25) is 4.99 Å². The molecular weight excluding hydrogens is 344 g/mol. The summed E-state index contributed by atoms with van der Waals surface area (Å²) in [6, 6.07) is 0. The topological polar surface area (TPSA) is 30.9 Å². The number of nitrogens with one attached hydrogen (secondary N) is 1. The molecule has 1 aliphatic rings. The molecule has 0 aromatic heterocycles. The molecule has 1 N–H and O–H groups in total. The molecule has 28 heavy (non-hydrogen) atoms. The van der Waals surface area contributed by atoms with Crippen molar-refractivity contribution in [2.75, 3.05) is 39.8 Å². The molecule has 0 saturated heterocycles. The molecule has 1 aliphatic heterocycles. The van der Waals surface area contributed by atoms with Crippen LogP contribution in [0.25, 0.3) is 0 Å². The maximum atomic E-state index is 4.67. The van der Waals surface area contributed by atoms with Crippen molar-refractivity contribution in [1.82, 2.24) is 15.1 Å². The fourth-order valence-corrected chi connectivity index (χ4v) is 3.31. The van der Waals surface area contributed by atoms with Crippen molar-refractivity contribution in [3.63, 3.8) is 0 Å². The predicted octanol–water partition coefficient (Wildman–Crippen LogP) is 4.76. The van der Waals surface area contributed by atoms with Gasteiger partial charge >= 0.3 is 0 Å². The van der Waals surface area contributed by atoms with Crippen molar-refractivity contribution in [2.45, 2.75) is 40.5 Å². The highest BCUT2D eigenvalue weighted by atomic mass is 15.4. The van der Waals surface area contributed by atoms with Gasteiger partial charge in [0, 0.05) is 26.2 Å². The van der Waals surface area contributed by atoms with Crippen LogP contribution in [0.4, 0.5) is 0 Å². The summed E-state index contributed by atoms with van der Waals surface area (Å²) >= 11 is 0. The quantitative estimate of drug-likeness (QED) is 0.367. The molecule has 0 fully saturated rings. The first-order chi connectivity index (χ1) is 13.4. The monoisotopic (exact) mass is 384 g/mol. The smallest absolute Gasteiger partial charge is 0.129 e. The van der Waals surface area contributed by atoms with Crippen molar-refractivity contribution in [2.24, 2.45) is 10.9 Å². The average Bonchev–Trinajstić information content (AvgIpc) is 3.11. The second kappa shape index (κ2) is 13.2. The van der Waals surface area contributed by atoms with Gasteiger partial charge in [-0.15, -0.1) is 6.58 Å². The lowest BCUT2D eigenvalue weighted by atomic mass is 10.0. The summed E-state index contributed by atoms with van der Waals surface area (Å²) < 4.78 is 0. The van der Waals surface area contributed by atoms with Gasteiger partial charge in [-0.1, -0.05) is 57.2 Å². The number of amidine groups is 1. The van der Waals surface area contributed by atoms with Crippen LogP contribution < -0.4 is 5.32 Å². The van der Waals surface area contributed by atoms with E-state index < -0.39 is 0 Å². The normalized spacial score (nSPS) is 15.5. The van der Waals surface area contributed by atoms with Crippen LogP contribution in [0.2, 0.25) is 0 Å². The van der Waals surface area contributed by atoms with Crippen molar-refractivity contribution >= 4 is 5.84 Å². The van der Waals surface area contributed by atoms with Crippen LogP contribution >= 0.6 is 0 Å². The van der Waals surface area contributed by atoms with Gasteiger partial charge in [0.25, 0.3) is 0 Å². The molecular formula is C24H40N4. The first-order valence-corrected chi connectivity index (χ1v) is 10.5. The molecule has 0 bridgehead atoms. The Labute approximate surface area is 173 Å². The van der Waals surface area contributed by atoms with Gasteiger partial charge in [0.2, 0.25) is 0 Å². The van der Waals surface area contributed by atoms with Gasteiger partial charge in [-0.05, 0) is 44.4 Å². The van der Waals surface area contributed by atoms with Gasteiger partial charge in [0.15, 0.2) is 0 Å². The van der Waals surface area contributed by atoms with Gasteiger partial charge in [0.1, 0.15) is 11.7 Å². The third-order valence-corrected chi connectivity index (χ3v) is 4.66. The highest BCUT2D eigenvalue weighted by molar-refractivity contribution is 5.95. The second-order valence-corrected chi connectivity index (χ2v) is 7.69. The van der Waals surface area contributed by atoms with E-state index >= 15 is 0 Å². The van der Waals surface area contributed by atoms with Gasteiger partial charge in [-0.25, -0.2) is 0 Å². The van der Waals surface area contributed by atoms with E-state index in [4.69, 9.17) is 0 Å². The lowest BCUT2D eigenvalue weighted by Gasteiger charge is -2.32. The zero-order chi connectivity index (χ0) is 20.9. The molecule has 0 unspecified atom stereocenters. The summed E-state index contributed by atoms with van der Waals surface area (Å²) in [4.78, 5) is 9.11. The number of likely N-dealkylation sites (N-methyl/N-ethyl adjacent to an activating group) is 1. The lowest BCUT2D eigenvalue weighted by Crippen LogP contribution is -2.39. The molecule has 4 nitrogen and oxygen atoms in total. The first-order valence-electron chi connectivity index (χ1n) is 10.5. The zero-order valence-electron chi connectivity index (χ0n) is 18.7. The molecule has 0 aromatic rings. The predicted molar refractivity (Wildman–Crippen MR) is 125 cm³/mol. The molecule has 4 heteroatoms. The Hall–Kier alpha value is -2.07. The number of rotatable bonds is 13. The first kappa shape index (κ1) is 24.0. The summed E-state index contributed by atoms with van der Waals surface area (Å²) in [7, 11) is 1.97. The van der Waals surface area contributed by atoms with Crippen molar-refractivity contribution in [1.29, 1.82) is 0 Å². The average molecular weight is 385 g/mol. The Bertz CT molecular complexity index is 623. The number of nitrogens with zero attached hydrogens (tertiary/aromatic N) is 3. The molecule has 0 aliphatic carbocycles. The van der Waals surface area contributed by atoms with Crippen molar-refractivity contribution in [3.8, 4) is 0 Å². The molecule has 1 heterocycles. The van der Waals surface area contributed by atoms with E-state index in [2.05, 4.69) is 85.3 Å². The highest BCUT2D eigenvalue weighted by Gasteiger charge is 2.20. The summed E-state index contributed by atoms with van der Waals surface area (Å²) in [5.74, 6) is 2.67. The molecule has 0 aromatic carbocycles. The van der Waals surface area contributed by atoms with E-state index in [1.54, 1.807) is 0 Å². The minimum atomic E-state index is 0.693. The molecule has 156 valence electrons. The van der Waals surface area contributed by atoms with Crippen LogP contribution in [0.15, 0.2) is 65.5 Å². The van der Waals surface area contributed by atoms with E-state index in [0.29, 0.717) is 5.92 Å². The van der Waals surface area contributed by atoms with Crippen LogP contribution in [0, 0.1) is 5.92 Å². The third kappa shape index (κ3) is 8.30. The number of hydrogen-bond donors (Lipinski definition) is 1.